The third-order valence-electron chi connectivity index (χ3n) is 2.85. The molecule has 1 unspecified atom stereocenters. The fraction of sp³-hybridized carbons (Fsp3) is 0.400. The minimum atomic E-state index is -0.890. The number of hydrogen-bond acceptors (Lipinski definition) is 5. The lowest BCUT2D eigenvalue weighted by molar-refractivity contribution is -0.157. The molecule has 112 valence electrons. The lowest BCUT2D eigenvalue weighted by Crippen LogP contribution is -2.20. The Bertz CT molecular complexity index is 595. The summed E-state index contributed by atoms with van der Waals surface area (Å²) in [6, 6.07) is 9.61. The lowest BCUT2D eigenvalue weighted by Gasteiger charge is -2.11. The fourth-order valence-electron chi connectivity index (χ4n) is 1.97. The molecule has 0 N–H and O–H groups in total. The van der Waals surface area contributed by atoms with Crippen LogP contribution in [0.3, 0.4) is 0 Å². The van der Waals surface area contributed by atoms with Crippen LogP contribution >= 0.6 is 0 Å². The highest BCUT2D eigenvalue weighted by Crippen LogP contribution is 2.18. The number of esters is 1. The summed E-state index contributed by atoms with van der Waals surface area (Å²) in [4.78, 5) is 16.3. The van der Waals surface area contributed by atoms with E-state index in [1.165, 1.54) is 0 Å². The Kier molecular flexibility index (Phi) is 5.05. The smallest absolute Gasteiger partial charge is 0.343 e. The predicted molar refractivity (Wildman–Crippen MR) is 77.1 cm³/mol. The van der Waals surface area contributed by atoms with Gasteiger partial charge in [-0.15, -0.1) is 5.10 Å². The summed E-state index contributed by atoms with van der Waals surface area (Å²) >= 11 is 0. The van der Waals surface area contributed by atoms with E-state index >= 15 is 0 Å². The van der Waals surface area contributed by atoms with Gasteiger partial charge in [-0.2, -0.15) is 0 Å². The third-order valence-corrected chi connectivity index (χ3v) is 2.85. The van der Waals surface area contributed by atoms with Crippen LogP contribution in [0.2, 0.25) is 0 Å². The molecule has 1 aromatic heterocycles. The number of carbonyl (C=O) groups excluding carboxylic acids is 1. The van der Waals surface area contributed by atoms with Gasteiger partial charge < -0.3 is 9.47 Å². The standard InChI is InChI=1S/C15H19N3O3/c1-4-20-13(15(19)21-5-2)14-16-11(3)18(17-14)12-9-7-6-8-10-12/h6-10,13H,4-5H2,1-3H3. The number of ether oxygens (including phenoxy) is 2. The van der Waals surface area contributed by atoms with Gasteiger partial charge in [-0.25, -0.2) is 14.5 Å². The van der Waals surface area contributed by atoms with Crippen LogP contribution in [-0.2, 0) is 14.3 Å². The van der Waals surface area contributed by atoms with Gasteiger partial charge in [-0.05, 0) is 32.9 Å². The second kappa shape index (κ2) is 6.99. The third kappa shape index (κ3) is 3.46. The largest absolute Gasteiger partial charge is 0.464 e. The molecule has 0 spiro atoms. The van der Waals surface area contributed by atoms with Crippen molar-refractivity contribution in [1.82, 2.24) is 14.8 Å². The van der Waals surface area contributed by atoms with Crippen molar-refractivity contribution >= 4 is 5.97 Å². The highest BCUT2D eigenvalue weighted by molar-refractivity contribution is 5.75. The van der Waals surface area contributed by atoms with Crippen molar-refractivity contribution in [2.75, 3.05) is 13.2 Å². The first-order chi connectivity index (χ1) is 10.2. The van der Waals surface area contributed by atoms with E-state index in [2.05, 4.69) is 10.1 Å². The zero-order chi connectivity index (χ0) is 15.2. The van der Waals surface area contributed by atoms with Crippen molar-refractivity contribution in [2.45, 2.75) is 26.9 Å². The minimum Gasteiger partial charge on any atom is -0.464 e. The Morgan fingerprint density at radius 2 is 1.95 bits per heavy atom. The van der Waals surface area contributed by atoms with Gasteiger partial charge in [0.15, 0.2) is 5.82 Å². The van der Waals surface area contributed by atoms with E-state index < -0.39 is 12.1 Å². The summed E-state index contributed by atoms with van der Waals surface area (Å²) in [6.45, 7) is 6.07. The summed E-state index contributed by atoms with van der Waals surface area (Å²) in [5.41, 5.74) is 0.882. The Morgan fingerprint density at radius 3 is 2.57 bits per heavy atom. The van der Waals surface area contributed by atoms with Crippen LogP contribution in [0.1, 0.15) is 31.6 Å². The van der Waals surface area contributed by atoms with Gasteiger partial charge in [0.25, 0.3) is 0 Å². The first-order valence-corrected chi connectivity index (χ1v) is 6.94. The van der Waals surface area contributed by atoms with E-state index in [-0.39, 0.29) is 0 Å². The number of para-hydroxylation sites is 1. The first kappa shape index (κ1) is 15.2. The first-order valence-electron chi connectivity index (χ1n) is 6.94. The van der Waals surface area contributed by atoms with Crippen molar-refractivity contribution in [2.24, 2.45) is 0 Å². The highest BCUT2D eigenvalue weighted by atomic mass is 16.6. The van der Waals surface area contributed by atoms with Crippen LogP contribution in [-0.4, -0.2) is 33.9 Å². The average molecular weight is 289 g/mol. The van der Waals surface area contributed by atoms with Crippen molar-refractivity contribution < 1.29 is 14.3 Å². The maximum absolute atomic E-state index is 12.0. The Balaban J connectivity index is 2.33. The van der Waals surface area contributed by atoms with Crippen molar-refractivity contribution in [1.29, 1.82) is 0 Å². The van der Waals surface area contributed by atoms with Gasteiger partial charge in [-0.3, -0.25) is 0 Å². The van der Waals surface area contributed by atoms with E-state index in [9.17, 15) is 4.79 Å². The number of benzene rings is 1. The van der Waals surface area contributed by atoms with Crippen LogP contribution in [0.25, 0.3) is 5.69 Å². The molecule has 0 amide bonds. The predicted octanol–water partition coefficient (Wildman–Crippen LogP) is 2.22. The topological polar surface area (TPSA) is 66.2 Å². The molecular formula is C15H19N3O3. The van der Waals surface area contributed by atoms with Crippen LogP contribution in [0.5, 0.6) is 0 Å². The second-order valence-electron chi connectivity index (χ2n) is 4.35. The Labute approximate surface area is 123 Å². The molecule has 0 radical (unpaired) electrons. The molecule has 0 aliphatic heterocycles. The summed E-state index contributed by atoms with van der Waals surface area (Å²) < 4.78 is 12.1. The van der Waals surface area contributed by atoms with Gasteiger partial charge >= 0.3 is 5.97 Å². The molecule has 1 aromatic carbocycles. The van der Waals surface area contributed by atoms with Crippen molar-refractivity contribution in [3.8, 4) is 5.69 Å². The molecule has 0 aliphatic carbocycles. The van der Waals surface area contributed by atoms with Crippen LogP contribution in [0, 0.1) is 6.92 Å². The molecule has 0 bridgehead atoms. The zero-order valence-electron chi connectivity index (χ0n) is 12.4. The number of hydrogen-bond donors (Lipinski definition) is 0. The maximum Gasteiger partial charge on any atom is 0.343 e. The molecule has 0 fully saturated rings. The number of aryl methyl sites for hydroxylation is 1. The van der Waals surface area contributed by atoms with Gasteiger partial charge in [0.2, 0.25) is 6.10 Å². The molecule has 1 atom stereocenters. The Morgan fingerprint density at radius 1 is 1.24 bits per heavy atom. The summed E-state index contributed by atoms with van der Waals surface area (Å²) in [6.07, 6.45) is -0.890. The molecule has 2 rings (SSSR count). The molecule has 2 aromatic rings. The normalized spacial score (nSPS) is 12.1. The molecule has 6 nitrogen and oxygen atoms in total. The maximum atomic E-state index is 12.0. The highest BCUT2D eigenvalue weighted by Gasteiger charge is 2.27. The monoisotopic (exact) mass is 289 g/mol. The Hall–Kier alpha value is -2.21. The number of aromatic nitrogens is 3. The van der Waals surface area contributed by atoms with Crippen molar-refractivity contribution in [3.05, 3.63) is 42.0 Å². The van der Waals surface area contributed by atoms with E-state index in [1.54, 1.807) is 11.6 Å². The van der Waals surface area contributed by atoms with Crippen molar-refractivity contribution in [3.63, 3.8) is 0 Å². The van der Waals surface area contributed by atoms with E-state index in [1.807, 2.05) is 44.2 Å². The summed E-state index contributed by atoms with van der Waals surface area (Å²) in [7, 11) is 0. The average Bonchev–Trinajstić information content (AvgIpc) is 2.87. The summed E-state index contributed by atoms with van der Waals surface area (Å²) in [5.74, 6) is 0.534. The van der Waals surface area contributed by atoms with E-state index in [0.717, 1.165) is 5.69 Å². The molecule has 6 heteroatoms. The molecule has 21 heavy (non-hydrogen) atoms. The molecule has 0 saturated heterocycles. The molecule has 0 aliphatic rings. The van der Waals surface area contributed by atoms with Gasteiger partial charge in [0.05, 0.1) is 12.3 Å². The molecule has 0 saturated carbocycles. The number of rotatable bonds is 6. The quantitative estimate of drug-likeness (QED) is 0.763. The van der Waals surface area contributed by atoms with Crippen LogP contribution < -0.4 is 0 Å². The second-order valence-corrected chi connectivity index (χ2v) is 4.35. The minimum absolute atomic E-state index is 0.292. The molecular weight excluding hydrogens is 270 g/mol. The van der Waals surface area contributed by atoms with Gasteiger partial charge in [-0.1, -0.05) is 18.2 Å². The SMILES string of the molecule is CCOC(=O)C(OCC)c1nc(C)n(-c2ccccc2)n1. The van der Waals surface area contributed by atoms with E-state index in [4.69, 9.17) is 9.47 Å². The number of nitrogens with zero attached hydrogens (tertiary/aromatic N) is 3. The molecule has 1 heterocycles. The lowest BCUT2D eigenvalue weighted by atomic mass is 10.3. The van der Waals surface area contributed by atoms with Gasteiger partial charge in [0, 0.05) is 6.61 Å². The summed E-state index contributed by atoms with van der Waals surface area (Å²) in [5, 5.41) is 4.38. The van der Waals surface area contributed by atoms with Crippen LogP contribution in [0.15, 0.2) is 30.3 Å². The fourth-order valence-corrected chi connectivity index (χ4v) is 1.97. The van der Waals surface area contributed by atoms with Crippen LogP contribution in [0.4, 0.5) is 0 Å². The van der Waals surface area contributed by atoms with Gasteiger partial charge in [0.1, 0.15) is 5.82 Å². The van der Waals surface area contributed by atoms with E-state index in [0.29, 0.717) is 24.9 Å². The number of carbonyl (C=O) groups is 1. The zero-order valence-corrected chi connectivity index (χ0v) is 12.4.